The number of aromatic carboxylic acids is 1. The van der Waals surface area contributed by atoms with Crippen LogP contribution >= 0.6 is 0 Å². The van der Waals surface area contributed by atoms with Crippen LogP contribution in [-0.2, 0) is 0 Å². The Balaban J connectivity index is 2.72. The zero-order valence-corrected chi connectivity index (χ0v) is 10.2. The molecule has 6 nitrogen and oxygen atoms in total. The minimum atomic E-state index is -1.01. The highest BCUT2D eigenvalue weighted by Gasteiger charge is 2.21. The lowest BCUT2D eigenvalue weighted by atomic mass is 10.2. The molecule has 1 N–H and O–H groups in total. The molecule has 2 aromatic heterocycles. The monoisotopic (exact) mass is 245 g/mol. The summed E-state index contributed by atoms with van der Waals surface area (Å²) >= 11 is 0. The summed E-state index contributed by atoms with van der Waals surface area (Å²) in [5.74, 6) is -0.382. The van der Waals surface area contributed by atoms with E-state index in [-0.39, 0.29) is 17.1 Å². The summed E-state index contributed by atoms with van der Waals surface area (Å²) < 4.78 is 6.97. The van der Waals surface area contributed by atoms with E-state index in [0.29, 0.717) is 17.3 Å². The third-order valence-electron chi connectivity index (χ3n) is 2.69. The maximum atomic E-state index is 11.1. The summed E-state index contributed by atoms with van der Waals surface area (Å²) in [6.45, 7) is 5.05. The number of carbonyl (C=O) groups is 1. The quantitative estimate of drug-likeness (QED) is 0.873. The first-order valence-corrected chi connectivity index (χ1v) is 5.25. The van der Waals surface area contributed by atoms with Gasteiger partial charge in [-0.25, -0.2) is 9.78 Å². The Morgan fingerprint density at radius 2 is 2.17 bits per heavy atom. The lowest BCUT2D eigenvalue weighted by molar-refractivity contribution is 0.0696. The predicted octanol–water partition coefficient (Wildman–Crippen LogP) is 1.96. The van der Waals surface area contributed by atoms with Crippen molar-refractivity contribution in [3.63, 3.8) is 0 Å². The van der Waals surface area contributed by atoms with Crippen molar-refractivity contribution in [2.24, 2.45) is 0 Å². The molecule has 0 saturated carbocycles. The Kier molecular flexibility index (Phi) is 2.67. The van der Waals surface area contributed by atoms with E-state index in [1.807, 2.05) is 6.07 Å². The average Bonchev–Trinajstić information content (AvgIpc) is 2.79. The first-order valence-electron chi connectivity index (χ1n) is 5.25. The third kappa shape index (κ3) is 1.66. The maximum absolute atomic E-state index is 11.1. The van der Waals surface area contributed by atoms with Gasteiger partial charge in [0.15, 0.2) is 5.89 Å². The van der Waals surface area contributed by atoms with Crippen LogP contribution in [0.2, 0.25) is 0 Å². The van der Waals surface area contributed by atoms with E-state index in [1.165, 1.54) is 6.07 Å². The van der Waals surface area contributed by atoms with Crippen molar-refractivity contribution in [2.75, 3.05) is 0 Å². The second-order valence-electron chi connectivity index (χ2n) is 3.92. The van der Waals surface area contributed by atoms with Gasteiger partial charge < -0.3 is 9.52 Å². The molecule has 0 aliphatic carbocycles. The van der Waals surface area contributed by atoms with Crippen molar-refractivity contribution in [1.82, 2.24) is 9.55 Å². The van der Waals surface area contributed by atoms with Crippen molar-refractivity contribution in [2.45, 2.75) is 20.8 Å². The average molecular weight is 245 g/mol. The van der Waals surface area contributed by atoms with Gasteiger partial charge in [0, 0.05) is 18.3 Å². The van der Waals surface area contributed by atoms with E-state index in [9.17, 15) is 4.79 Å². The predicted molar refractivity (Wildman–Crippen MR) is 61.7 cm³/mol. The van der Waals surface area contributed by atoms with Gasteiger partial charge in [0.25, 0.3) is 0 Å². The highest BCUT2D eigenvalue weighted by molar-refractivity contribution is 5.89. The van der Waals surface area contributed by atoms with Crippen molar-refractivity contribution < 1.29 is 14.3 Å². The molecule has 0 amide bonds. The zero-order chi connectivity index (χ0) is 13.4. The van der Waals surface area contributed by atoms with Gasteiger partial charge in [0.2, 0.25) is 11.6 Å². The number of hydrogen-bond acceptors (Lipinski definition) is 4. The van der Waals surface area contributed by atoms with E-state index in [1.54, 1.807) is 25.3 Å². The van der Waals surface area contributed by atoms with Crippen LogP contribution in [0, 0.1) is 32.1 Å². The number of aryl methyl sites for hydroxylation is 2. The molecule has 0 unspecified atom stereocenters. The van der Waals surface area contributed by atoms with Crippen molar-refractivity contribution in [3.05, 3.63) is 34.6 Å². The van der Waals surface area contributed by atoms with Crippen LogP contribution in [0.25, 0.3) is 5.88 Å². The molecule has 2 heterocycles. The minimum Gasteiger partial charge on any atom is -0.478 e. The molecule has 0 aliphatic heterocycles. The summed E-state index contributed by atoms with van der Waals surface area (Å²) in [6, 6.07) is 3.47. The van der Waals surface area contributed by atoms with Crippen LogP contribution in [0.5, 0.6) is 0 Å². The molecule has 2 aromatic rings. The number of aromatic nitrogens is 2. The summed E-state index contributed by atoms with van der Waals surface area (Å²) in [4.78, 5) is 15.0. The molecule has 0 atom stereocenters. The second-order valence-corrected chi connectivity index (χ2v) is 3.92. The van der Waals surface area contributed by atoms with Crippen LogP contribution in [0.1, 0.15) is 33.3 Å². The largest absolute Gasteiger partial charge is 0.478 e. The van der Waals surface area contributed by atoms with E-state index < -0.39 is 5.97 Å². The molecule has 0 aliphatic rings. The normalized spacial score (nSPS) is 10.3. The Morgan fingerprint density at radius 1 is 1.50 bits per heavy atom. The van der Waals surface area contributed by atoms with Gasteiger partial charge in [-0.1, -0.05) is 0 Å². The molecule has 2 rings (SSSR count). The Morgan fingerprint density at radius 3 is 2.67 bits per heavy atom. The molecule has 0 bridgehead atoms. The van der Waals surface area contributed by atoms with Gasteiger partial charge in [-0.3, -0.25) is 4.57 Å². The molecule has 0 spiro atoms. The number of nitriles is 1. The fourth-order valence-corrected chi connectivity index (χ4v) is 1.93. The van der Waals surface area contributed by atoms with Crippen molar-refractivity contribution in [1.29, 1.82) is 5.26 Å². The second kappa shape index (κ2) is 4.04. The van der Waals surface area contributed by atoms with Crippen LogP contribution in [-0.4, -0.2) is 20.6 Å². The lowest BCUT2D eigenvalue weighted by Gasteiger charge is -2.05. The molecule has 0 aromatic carbocycles. The fourth-order valence-electron chi connectivity index (χ4n) is 1.93. The van der Waals surface area contributed by atoms with Gasteiger partial charge in [0.1, 0.15) is 6.07 Å². The van der Waals surface area contributed by atoms with Crippen molar-refractivity contribution in [3.8, 4) is 12.0 Å². The molecular weight excluding hydrogens is 234 g/mol. The van der Waals surface area contributed by atoms with Crippen LogP contribution in [0.3, 0.4) is 0 Å². The highest BCUT2D eigenvalue weighted by atomic mass is 16.4. The number of carboxylic acids is 1. The summed E-state index contributed by atoms with van der Waals surface area (Å²) in [5, 5.41) is 18.0. The van der Waals surface area contributed by atoms with E-state index in [0.717, 1.165) is 0 Å². The SMILES string of the molecule is Cc1nc(C#N)c(-n2c(C)cc(C(=O)O)c2C)o1. The molecule has 18 heavy (non-hydrogen) atoms. The van der Waals surface area contributed by atoms with Gasteiger partial charge in [-0.05, 0) is 19.9 Å². The van der Waals surface area contributed by atoms with Crippen molar-refractivity contribution >= 4 is 5.97 Å². The molecule has 0 radical (unpaired) electrons. The number of carboxylic acid groups (broad SMARTS) is 1. The first-order chi connectivity index (χ1) is 8.45. The fraction of sp³-hybridized carbons (Fsp3) is 0.250. The molecular formula is C12H11N3O3. The molecule has 6 heteroatoms. The smallest absolute Gasteiger partial charge is 0.337 e. The molecule has 0 fully saturated rings. The highest BCUT2D eigenvalue weighted by Crippen LogP contribution is 2.23. The Hall–Kier alpha value is -2.55. The maximum Gasteiger partial charge on any atom is 0.337 e. The topological polar surface area (TPSA) is 92.0 Å². The molecule has 92 valence electrons. The first kappa shape index (κ1) is 11.9. The summed E-state index contributed by atoms with van der Waals surface area (Å²) in [7, 11) is 0. The van der Waals surface area contributed by atoms with E-state index >= 15 is 0 Å². The van der Waals surface area contributed by atoms with Crippen LogP contribution < -0.4 is 0 Å². The minimum absolute atomic E-state index is 0.145. The van der Waals surface area contributed by atoms with E-state index in [4.69, 9.17) is 14.8 Å². The number of rotatable bonds is 2. The molecule has 0 saturated heterocycles. The number of oxazole rings is 1. The van der Waals surface area contributed by atoms with Gasteiger partial charge in [0.05, 0.1) is 5.56 Å². The standard InChI is InChI=1S/C12H11N3O3/c1-6-4-9(12(16)17)7(2)15(6)11-10(5-13)14-8(3)18-11/h4H,1-3H3,(H,16,17). The van der Waals surface area contributed by atoms with Gasteiger partial charge >= 0.3 is 5.97 Å². The van der Waals surface area contributed by atoms with Gasteiger partial charge in [-0.2, -0.15) is 5.26 Å². The summed E-state index contributed by atoms with van der Waals surface area (Å²) in [6.07, 6.45) is 0. The number of hydrogen-bond donors (Lipinski definition) is 1. The Labute approximate surface area is 103 Å². The zero-order valence-electron chi connectivity index (χ0n) is 10.2. The van der Waals surface area contributed by atoms with Gasteiger partial charge in [-0.15, -0.1) is 0 Å². The third-order valence-corrected chi connectivity index (χ3v) is 2.69. The van der Waals surface area contributed by atoms with Crippen LogP contribution in [0.15, 0.2) is 10.5 Å². The lowest BCUT2D eigenvalue weighted by Crippen LogP contribution is -2.03. The van der Waals surface area contributed by atoms with E-state index in [2.05, 4.69) is 4.98 Å². The number of nitrogens with zero attached hydrogens (tertiary/aromatic N) is 3. The van der Waals surface area contributed by atoms with Crippen LogP contribution in [0.4, 0.5) is 0 Å². The Bertz CT molecular complexity index is 674. The summed E-state index contributed by atoms with van der Waals surface area (Å²) in [5.41, 5.74) is 1.52.